The lowest BCUT2D eigenvalue weighted by Gasteiger charge is -2.04. The summed E-state index contributed by atoms with van der Waals surface area (Å²) in [4.78, 5) is 18.6. The Morgan fingerprint density at radius 3 is 1.48 bits per heavy atom. The summed E-state index contributed by atoms with van der Waals surface area (Å²) in [6.07, 6.45) is 7.86. The summed E-state index contributed by atoms with van der Waals surface area (Å²) in [6, 6.07) is 10.0. The van der Waals surface area contributed by atoms with E-state index in [9.17, 15) is 8.42 Å². The zero-order valence-corrected chi connectivity index (χ0v) is 23.6. The van der Waals surface area contributed by atoms with Crippen LogP contribution in [0, 0.1) is 0 Å². The third-order valence-electron chi connectivity index (χ3n) is 4.39. The first-order valence-corrected chi connectivity index (χ1v) is 17.3. The molecule has 0 N–H and O–H groups in total. The number of thioether (sulfide) groups is 4. The van der Waals surface area contributed by atoms with Gasteiger partial charge in [0.05, 0.1) is 30.2 Å². The van der Waals surface area contributed by atoms with Gasteiger partial charge in [0.2, 0.25) is 20.1 Å². The molecule has 0 aliphatic heterocycles. The lowest BCUT2D eigenvalue weighted by Crippen LogP contribution is -2.01. The quantitative estimate of drug-likeness (QED) is 0.189. The van der Waals surface area contributed by atoms with Crippen LogP contribution >= 0.6 is 69.7 Å². The number of hydrogen-bond donors (Lipinski definition) is 0. The van der Waals surface area contributed by atoms with Crippen molar-refractivity contribution in [2.45, 2.75) is 9.79 Å². The van der Waals surface area contributed by atoms with Crippen LogP contribution in [0.1, 0.15) is 0 Å². The van der Waals surface area contributed by atoms with Crippen LogP contribution in [0.3, 0.4) is 0 Å². The Bertz CT molecular complexity index is 1370. The number of sulfone groups is 1. The molecule has 4 rings (SSSR count). The van der Waals surface area contributed by atoms with Crippen molar-refractivity contribution in [1.82, 2.24) is 9.97 Å². The van der Waals surface area contributed by atoms with Crippen LogP contribution in [0.25, 0.3) is 20.4 Å². The van der Waals surface area contributed by atoms with Crippen LogP contribution in [0.4, 0.5) is 10.3 Å². The average molecular weight is 571 g/mol. The molecule has 13 heteroatoms. The van der Waals surface area contributed by atoms with Gasteiger partial charge in [0, 0.05) is 0 Å². The highest BCUT2D eigenvalue weighted by Gasteiger charge is 2.20. The maximum atomic E-state index is 13.4. The number of nitrogens with zero attached hydrogens (tertiary/aromatic N) is 4. The van der Waals surface area contributed by atoms with Crippen molar-refractivity contribution in [2.24, 2.45) is 9.98 Å². The second kappa shape index (κ2) is 10.7. The molecular weight excluding hydrogens is 553 g/mol. The Balaban J connectivity index is 1.71. The highest BCUT2D eigenvalue weighted by molar-refractivity contribution is 8.38. The average Bonchev–Trinajstić information content (AvgIpc) is 3.42. The van der Waals surface area contributed by atoms with E-state index in [1.807, 2.05) is 25.0 Å². The minimum atomic E-state index is -3.70. The molecule has 0 amide bonds. The topological polar surface area (TPSA) is 84.6 Å². The smallest absolute Gasteiger partial charge is 0.211 e. The minimum absolute atomic E-state index is 0.235. The molecule has 0 bridgehead atoms. The lowest BCUT2D eigenvalue weighted by molar-refractivity contribution is 0.596. The Hall–Kier alpha value is -1.09. The van der Waals surface area contributed by atoms with Crippen molar-refractivity contribution < 1.29 is 8.42 Å². The predicted molar refractivity (Wildman–Crippen MR) is 153 cm³/mol. The molecule has 0 fully saturated rings. The maximum absolute atomic E-state index is 13.4. The Morgan fingerprint density at radius 2 is 1.12 bits per heavy atom. The summed E-state index contributed by atoms with van der Waals surface area (Å²) < 4.78 is 30.1. The number of aromatic nitrogens is 2. The van der Waals surface area contributed by atoms with Crippen molar-refractivity contribution in [3.8, 4) is 0 Å². The van der Waals surface area contributed by atoms with Gasteiger partial charge in [0.25, 0.3) is 0 Å². The van der Waals surface area contributed by atoms with Crippen LogP contribution in [-0.2, 0) is 9.84 Å². The van der Waals surface area contributed by atoms with Gasteiger partial charge < -0.3 is 0 Å². The maximum Gasteiger partial charge on any atom is 0.211 e. The second-order valence-electron chi connectivity index (χ2n) is 6.33. The van der Waals surface area contributed by atoms with E-state index in [4.69, 9.17) is 0 Å². The van der Waals surface area contributed by atoms with Crippen LogP contribution in [-0.4, -0.2) is 52.2 Å². The number of benzene rings is 2. The third kappa shape index (κ3) is 5.44. The SMILES string of the molecule is CSC(=Nc1nc2ccc(S(=O)(=O)c3ccc4nc(N=C(SC)SC)sc4c3)cc2s1)SC. The van der Waals surface area contributed by atoms with Crippen molar-refractivity contribution in [3.63, 3.8) is 0 Å². The van der Waals surface area contributed by atoms with Crippen LogP contribution in [0.2, 0.25) is 0 Å². The van der Waals surface area contributed by atoms with Gasteiger partial charge in [-0.3, -0.25) is 0 Å². The van der Waals surface area contributed by atoms with E-state index in [1.165, 1.54) is 22.7 Å². The van der Waals surface area contributed by atoms with Crippen LogP contribution < -0.4 is 0 Å². The Kier molecular flexibility index (Phi) is 8.09. The zero-order valence-electron chi connectivity index (χ0n) is 17.9. The van der Waals surface area contributed by atoms with Crippen molar-refractivity contribution >= 4 is 119 Å². The molecule has 0 radical (unpaired) electrons. The molecule has 0 saturated heterocycles. The first-order chi connectivity index (χ1) is 15.9. The lowest BCUT2D eigenvalue weighted by atomic mass is 10.3. The van der Waals surface area contributed by atoms with Crippen molar-refractivity contribution in [3.05, 3.63) is 36.4 Å². The number of aliphatic imine (C=N–C) groups is 2. The van der Waals surface area contributed by atoms with Gasteiger partial charge in [-0.1, -0.05) is 22.7 Å². The first kappa shape index (κ1) is 25.0. The molecule has 2 aromatic carbocycles. The fraction of sp³-hybridized carbons (Fsp3) is 0.200. The molecule has 2 aromatic heterocycles. The normalized spacial score (nSPS) is 11.8. The second-order valence-corrected chi connectivity index (χ2v) is 14.0. The molecule has 0 spiro atoms. The summed E-state index contributed by atoms with van der Waals surface area (Å²) in [5, 5.41) is 1.24. The van der Waals surface area contributed by atoms with E-state index >= 15 is 0 Å². The molecule has 2 heterocycles. The van der Waals surface area contributed by atoms with Crippen LogP contribution in [0.5, 0.6) is 0 Å². The van der Waals surface area contributed by atoms with Gasteiger partial charge in [-0.2, -0.15) is 0 Å². The molecule has 0 atom stereocenters. The van der Waals surface area contributed by atoms with E-state index in [0.717, 1.165) is 29.2 Å². The number of rotatable bonds is 4. The van der Waals surface area contributed by atoms with Gasteiger partial charge in [-0.05, 0) is 61.4 Å². The van der Waals surface area contributed by atoms with E-state index in [-0.39, 0.29) is 9.79 Å². The zero-order chi connectivity index (χ0) is 23.6. The van der Waals surface area contributed by atoms with Gasteiger partial charge >= 0.3 is 0 Å². The highest BCUT2D eigenvalue weighted by Crippen LogP contribution is 2.35. The fourth-order valence-corrected chi connectivity index (χ4v) is 8.36. The van der Waals surface area contributed by atoms with E-state index in [2.05, 4.69) is 20.0 Å². The Morgan fingerprint density at radius 1 is 0.727 bits per heavy atom. The monoisotopic (exact) mass is 570 g/mol. The number of fused-ring (bicyclic) bond motifs is 2. The summed E-state index contributed by atoms with van der Waals surface area (Å²) in [7, 11) is -3.70. The van der Waals surface area contributed by atoms with Crippen molar-refractivity contribution in [2.75, 3.05) is 25.0 Å². The molecule has 0 aliphatic rings. The first-order valence-electron chi connectivity index (χ1n) is 9.27. The molecule has 0 saturated carbocycles. The predicted octanol–water partition coefficient (Wildman–Crippen LogP) is 7.17. The molecule has 0 aliphatic carbocycles. The standard InChI is InChI=1S/C20H18N4O2S7/c1-27-19(28-2)23-17-21-13-7-5-11(9-15(13)31-17)33(25,26)12-6-8-14-16(10-12)32-18(22-14)24-20(29-3)30-4/h5-10H,1-4H3. The molecule has 33 heavy (non-hydrogen) atoms. The molecule has 4 aromatic rings. The van der Waals surface area contributed by atoms with Gasteiger partial charge in [-0.15, -0.1) is 47.0 Å². The minimum Gasteiger partial charge on any atom is -0.219 e. The summed E-state index contributed by atoms with van der Waals surface area (Å²) in [5.74, 6) is 0. The van der Waals surface area contributed by atoms with Crippen molar-refractivity contribution in [1.29, 1.82) is 0 Å². The van der Waals surface area contributed by atoms with Gasteiger partial charge in [0.15, 0.2) is 0 Å². The van der Waals surface area contributed by atoms with E-state index in [0.29, 0.717) is 10.3 Å². The molecular formula is C20H18N4O2S7. The van der Waals surface area contributed by atoms with Gasteiger partial charge in [-0.25, -0.2) is 28.4 Å². The largest absolute Gasteiger partial charge is 0.219 e. The summed E-state index contributed by atoms with van der Waals surface area (Å²) in [6.45, 7) is 0. The van der Waals surface area contributed by atoms with Crippen LogP contribution in [0.15, 0.2) is 56.2 Å². The molecule has 0 unspecified atom stereocenters. The van der Waals surface area contributed by atoms with Gasteiger partial charge in [0.1, 0.15) is 8.75 Å². The number of thiazole rings is 2. The third-order valence-corrected chi connectivity index (χ3v) is 11.7. The fourth-order valence-electron chi connectivity index (χ4n) is 2.86. The van der Waals surface area contributed by atoms with E-state index < -0.39 is 9.84 Å². The Labute approximate surface area is 217 Å². The molecule has 172 valence electrons. The summed E-state index contributed by atoms with van der Waals surface area (Å²) in [5.41, 5.74) is 1.47. The summed E-state index contributed by atoms with van der Waals surface area (Å²) >= 11 is 8.99. The molecule has 6 nitrogen and oxygen atoms in total. The van der Waals surface area contributed by atoms with E-state index in [1.54, 1.807) is 83.4 Å². The number of hydrogen-bond acceptors (Lipinski definition) is 12. The highest BCUT2D eigenvalue weighted by atomic mass is 32.2.